The van der Waals surface area contributed by atoms with Gasteiger partial charge in [-0.3, -0.25) is 5.10 Å². The predicted molar refractivity (Wildman–Crippen MR) is 64.2 cm³/mol. The number of aromatic amines is 1. The van der Waals surface area contributed by atoms with Crippen LogP contribution in [0.2, 0.25) is 5.02 Å². The van der Waals surface area contributed by atoms with E-state index in [0.717, 1.165) is 0 Å². The van der Waals surface area contributed by atoms with Gasteiger partial charge in [0.25, 0.3) is 0 Å². The maximum Gasteiger partial charge on any atom is 0.341 e. The molecule has 90 valence electrons. The first-order valence-corrected chi connectivity index (χ1v) is 5.75. The first kappa shape index (κ1) is 11.9. The van der Waals surface area contributed by atoms with Crippen molar-refractivity contribution in [3.8, 4) is 0 Å². The molecule has 0 atom stereocenters. The van der Waals surface area contributed by atoms with Gasteiger partial charge in [0.15, 0.2) is 5.65 Å². The number of esters is 1. The molecule has 0 fully saturated rings. The average Bonchev–Trinajstić information content (AvgIpc) is 2.77. The van der Waals surface area contributed by atoms with Crippen molar-refractivity contribution < 1.29 is 9.53 Å². The number of hydrogen-bond acceptors (Lipinski definition) is 4. The number of fused-ring (bicyclic) bond motifs is 1. The molecule has 2 rings (SSSR count). The molecule has 2 heterocycles. The van der Waals surface area contributed by atoms with Crippen LogP contribution in [0.4, 0.5) is 0 Å². The molecule has 2 aromatic rings. The summed E-state index contributed by atoms with van der Waals surface area (Å²) in [6.45, 7) is 3.96. The number of nitrogens with one attached hydrogen (secondary N) is 1. The Bertz CT molecular complexity index is 565. The molecular formula is C11H12ClN3O2. The van der Waals surface area contributed by atoms with E-state index < -0.39 is 5.97 Å². The third-order valence-corrected chi connectivity index (χ3v) is 2.82. The number of pyridine rings is 1. The molecule has 0 saturated carbocycles. The summed E-state index contributed by atoms with van der Waals surface area (Å²) in [5.41, 5.74) is 1.54. The second kappa shape index (κ2) is 4.71. The van der Waals surface area contributed by atoms with Crippen molar-refractivity contribution in [3.63, 3.8) is 0 Å². The van der Waals surface area contributed by atoms with E-state index >= 15 is 0 Å². The lowest BCUT2D eigenvalue weighted by Crippen LogP contribution is -2.10. The van der Waals surface area contributed by atoms with E-state index in [4.69, 9.17) is 16.3 Å². The Morgan fingerprint density at radius 2 is 2.29 bits per heavy atom. The smallest absolute Gasteiger partial charge is 0.341 e. The van der Waals surface area contributed by atoms with E-state index in [-0.39, 0.29) is 0 Å². The van der Waals surface area contributed by atoms with E-state index in [1.807, 2.05) is 6.92 Å². The first-order valence-electron chi connectivity index (χ1n) is 5.37. The van der Waals surface area contributed by atoms with Gasteiger partial charge in [-0.05, 0) is 13.3 Å². The molecule has 0 aliphatic rings. The van der Waals surface area contributed by atoms with Gasteiger partial charge < -0.3 is 4.74 Å². The van der Waals surface area contributed by atoms with Crippen molar-refractivity contribution in [1.82, 2.24) is 15.2 Å². The van der Waals surface area contributed by atoms with Crippen LogP contribution < -0.4 is 0 Å². The van der Waals surface area contributed by atoms with Gasteiger partial charge in [0.2, 0.25) is 0 Å². The normalized spacial score (nSPS) is 10.8. The lowest BCUT2D eigenvalue weighted by atomic mass is 10.1. The Labute approximate surface area is 103 Å². The number of carbonyl (C=O) groups excluding carboxylic acids is 1. The first-order chi connectivity index (χ1) is 8.19. The predicted octanol–water partition coefficient (Wildman–Crippen LogP) is 2.35. The summed E-state index contributed by atoms with van der Waals surface area (Å²) in [6.07, 6.45) is 2.15. The molecule has 6 heteroatoms. The van der Waals surface area contributed by atoms with E-state index in [2.05, 4.69) is 15.2 Å². The summed E-state index contributed by atoms with van der Waals surface area (Å²) in [6, 6.07) is 0. The zero-order valence-electron chi connectivity index (χ0n) is 9.58. The van der Waals surface area contributed by atoms with Crippen molar-refractivity contribution in [2.24, 2.45) is 0 Å². The summed E-state index contributed by atoms with van der Waals surface area (Å²) in [4.78, 5) is 16.1. The lowest BCUT2D eigenvalue weighted by Gasteiger charge is -2.08. The maximum absolute atomic E-state index is 11.8. The van der Waals surface area contributed by atoms with Crippen molar-refractivity contribution in [2.45, 2.75) is 20.3 Å². The molecule has 2 aromatic heterocycles. The van der Waals surface area contributed by atoms with Crippen molar-refractivity contribution in [3.05, 3.63) is 22.5 Å². The number of hydrogen-bond donors (Lipinski definition) is 1. The molecule has 5 nitrogen and oxygen atoms in total. The number of H-pyrrole nitrogens is 1. The molecule has 1 N–H and O–H groups in total. The number of ether oxygens (including phenoxy) is 1. The van der Waals surface area contributed by atoms with E-state index in [9.17, 15) is 4.79 Å². The van der Waals surface area contributed by atoms with E-state index in [0.29, 0.717) is 40.3 Å². The van der Waals surface area contributed by atoms with Crippen LogP contribution in [0.3, 0.4) is 0 Å². The zero-order valence-corrected chi connectivity index (χ0v) is 10.3. The number of rotatable bonds is 3. The van der Waals surface area contributed by atoms with E-state index in [1.54, 1.807) is 13.1 Å². The van der Waals surface area contributed by atoms with Gasteiger partial charge in [0, 0.05) is 0 Å². The Balaban J connectivity index is 2.65. The summed E-state index contributed by atoms with van der Waals surface area (Å²) >= 11 is 6.20. The largest absolute Gasteiger partial charge is 0.462 e. The van der Waals surface area contributed by atoms with Gasteiger partial charge in [-0.15, -0.1) is 0 Å². The van der Waals surface area contributed by atoms with Gasteiger partial charge >= 0.3 is 5.97 Å². The maximum atomic E-state index is 11.8. The fourth-order valence-corrected chi connectivity index (χ4v) is 1.97. The Hall–Kier alpha value is -1.62. The Morgan fingerprint density at radius 1 is 1.53 bits per heavy atom. The monoisotopic (exact) mass is 253 g/mol. The molecule has 0 unspecified atom stereocenters. The highest BCUT2D eigenvalue weighted by atomic mass is 35.5. The second-order valence-corrected chi connectivity index (χ2v) is 3.83. The van der Waals surface area contributed by atoms with Crippen LogP contribution in [-0.4, -0.2) is 27.8 Å². The molecule has 0 aliphatic carbocycles. The van der Waals surface area contributed by atoms with Crippen LogP contribution >= 0.6 is 11.6 Å². The van der Waals surface area contributed by atoms with Crippen LogP contribution in [0, 0.1) is 0 Å². The minimum absolute atomic E-state index is 0.307. The van der Waals surface area contributed by atoms with Crippen LogP contribution in [0.25, 0.3) is 11.0 Å². The van der Waals surface area contributed by atoms with Gasteiger partial charge in [-0.1, -0.05) is 18.5 Å². The van der Waals surface area contributed by atoms with Crippen LogP contribution in [0.1, 0.15) is 29.9 Å². The number of aryl methyl sites for hydroxylation is 1. The van der Waals surface area contributed by atoms with Crippen LogP contribution in [-0.2, 0) is 11.2 Å². The van der Waals surface area contributed by atoms with Crippen LogP contribution in [0.15, 0.2) is 6.20 Å². The molecule has 0 aliphatic heterocycles. The molecular weight excluding hydrogens is 242 g/mol. The highest BCUT2D eigenvalue weighted by Gasteiger charge is 2.20. The van der Waals surface area contributed by atoms with Gasteiger partial charge in [-0.25, -0.2) is 9.78 Å². The molecule has 0 radical (unpaired) electrons. The fraction of sp³-hybridized carbons (Fsp3) is 0.364. The average molecular weight is 254 g/mol. The SMILES string of the molecule is CCOC(=O)c1c(CC)nc2[nH]ncc2c1Cl. The molecule has 0 bridgehead atoms. The molecule has 0 spiro atoms. The summed E-state index contributed by atoms with van der Waals surface area (Å²) in [7, 11) is 0. The minimum atomic E-state index is -0.440. The second-order valence-electron chi connectivity index (χ2n) is 3.45. The quantitative estimate of drug-likeness (QED) is 0.853. The minimum Gasteiger partial charge on any atom is -0.462 e. The number of carbonyl (C=O) groups is 1. The topological polar surface area (TPSA) is 67.9 Å². The third-order valence-electron chi connectivity index (χ3n) is 2.42. The van der Waals surface area contributed by atoms with Crippen molar-refractivity contribution in [1.29, 1.82) is 0 Å². The zero-order chi connectivity index (χ0) is 12.4. The standard InChI is InChI=1S/C11H12ClN3O2/c1-3-7-8(11(16)17-4-2)9(12)6-5-13-15-10(6)14-7/h5H,3-4H2,1-2H3,(H,13,14,15). The molecule has 0 aromatic carbocycles. The highest BCUT2D eigenvalue weighted by Crippen LogP contribution is 2.28. The Morgan fingerprint density at radius 3 is 2.94 bits per heavy atom. The van der Waals surface area contributed by atoms with E-state index in [1.165, 1.54) is 0 Å². The number of halogens is 1. The van der Waals surface area contributed by atoms with Crippen molar-refractivity contribution >= 4 is 28.6 Å². The summed E-state index contributed by atoms with van der Waals surface area (Å²) in [5, 5.41) is 7.57. The van der Waals surface area contributed by atoms with Crippen molar-refractivity contribution in [2.75, 3.05) is 6.61 Å². The summed E-state index contributed by atoms with van der Waals surface area (Å²) in [5.74, 6) is -0.440. The van der Waals surface area contributed by atoms with Gasteiger partial charge in [0.1, 0.15) is 5.56 Å². The molecule has 0 amide bonds. The Kier molecular flexibility index (Phi) is 3.28. The third kappa shape index (κ3) is 1.98. The molecule has 17 heavy (non-hydrogen) atoms. The lowest BCUT2D eigenvalue weighted by molar-refractivity contribution is 0.0525. The number of aromatic nitrogens is 3. The van der Waals surface area contributed by atoms with Gasteiger partial charge in [0.05, 0.1) is 28.9 Å². The summed E-state index contributed by atoms with van der Waals surface area (Å²) < 4.78 is 4.98. The van der Waals surface area contributed by atoms with Gasteiger partial charge in [-0.2, -0.15) is 5.10 Å². The fourth-order valence-electron chi connectivity index (χ4n) is 1.64. The number of nitrogens with zero attached hydrogens (tertiary/aromatic N) is 2. The van der Waals surface area contributed by atoms with Crippen LogP contribution in [0.5, 0.6) is 0 Å². The highest BCUT2D eigenvalue weighted by molar-refractivity contribution is 6.38. The molecule has 0 saturated heterocycles.